The van der Waals surface area contributed by atoms with Crippen molar-refractivity contribution in [3.8, 4) is 0 Å². The van der Waals surface area contributed by atoms with Gasteiger partial charge in [-0.3, -0.25) is 9.59 Å². The highest BCUT2D eigenvalue weighted by Gasteiger charge is 2.29. The molecule has 0 saturated carbocycles. The van der Waals surface area contributed by atoms with E-state index in [1.54, 1.807) is 11.2 Å². The zero-order chi connectivity index (χ0) is 18.7. The van der Waals surface area contributed by atoms with Crippen molar-refractivity contribution in [1.82, 2.24) is 20.2 Å². The van der Waals surface area contributed by atoms with E-state index in [2.05, 4.69) is 15.3 Å². The average Bonchev–Trinajstić information content (AvgIpc) is 3.19. The molecule has 3 rings (SSSR count). The minimum absolute atomic E-state index is 0.166. The van der Waals surface area contributed by atoms with Crippen molar-refractivity contribution in [3.05, 3.63) is 59.2 Å². The number of H-pyrrole nitrogens is 1. The lowest BCUT2D eigenvalue weighted by molar-refractivity contribution is -0.137. The van der Waals surface area contributed by atoms with Crippen molar-refractivity contribution in [2.75, 3.05) is 6.54 Å². The molecule has 9 heteroatoms. The number of hydrogen-bond donors (Lipinski definition) is 2. The van der Waals surface area contributed by atoms with Gasteiger partial charge in [0, 0.05) is 6.08 Å². The summed E-state index contributed by atoms with van der Waals surface area (Å²) in [4.78, 5) is 32.4. The molecule has 0 spiro atoms. The lowest BCUT2D eigenvalue weighted by Gasteiger charge is -2.15. The van der Waals surface area contributed by atoms with E-state index >= 15 is 0 Å². The summed E-state index contributed by atoms with van der Waals surface area (Å²) in [5.41, 5.74) is 1.39. The predicted molar refractivity (Wildman–Crippen MR) is 86.3 cm³/mol. The number of aromatic nitrogens is 2. The molecule has 0 atom stereocenters. The average molecular weight is 364 g/mol. The lowest BCUT2D eigenvalue weighted by Crippen LogP contribution is -2.37. The number of aromatic amines is 1. The maximum absolute atomic E-state index is 12.5. The summed E-state index contributed by atoms with van der Waals surface area (Å²) in [7, 11) is 0. The first-order valence-electron chi connectivity index (χ1n) is 7.75. The Morgan fingerprint density at radius 1 is 1.23 bits per heavy atom. The number of fused-ring (bicyclic) bond motifs is 1. The van der Waals surface area contributed by atoms with Gasteiger partial charge in [0.05, 0.1) is 42.9 Å². The maximum atomic E-state index is 12.5. The quantitative estimate of drug-likeness (QED) is 0.816. The van der Waals surface area contributed by atoms with E-state index in [4.69, 9.17) is 0 Å². The second-order valence-corrected chi connectivity index (χ2v) is 5.75. The summed E-state index contributed by atoms with van der Waals surface area (Å²) >= 11 is 0. The van der Waals surface area contributed by atoms with E-state index in [0.717, 1.165) is 23.5 Å². The second kappa shape index (κ2) is 7.03. The number of rotatable bonds is 4. The molecule has 0 saturated heterocycles. The summed E-state index contributed by atoms with van der Waals surface area (Å²) in [5.74, 6) is -0.748. The monoisotopic (exact) mass is 364 g/mol. The minimum atomic E-state index is -4.40. The molecule has 2 N–H and O–H groups in total. The predicted octanol–water partition coefficient (Wildman–Crippen LogP) is 2.10. The Labute approximate surface area is 146 Å². The molecule has 6 nitrogen and oxygen atoms in total. The third kappa shape index (κ3) is 4.11. The summed E-state index contributed by atoms with van der Waals surface area (Å²) in [6, 6.07) is 4.42. The largest absolute Gasteiger partial charge is 0.416 e. The number of carbonyl (C=O) groups excluding carboxylic acids is 2. The topological polar surface area (TPSA) is 78.1 Å². The third-order valence-corrected chi connectivity index (χ3v) is 3.93. The van der Waals surface area contributed by atoms with E-state index < -0.39 is 17.6 Å². The van der Waals surface area contributed by atoms with Crippen LogP contribution >= 0.6 is 0 Å². The first-order valence-corrected chi connectivity index (χ1v) is 7.75. The van der Waals surface area contributed by atoms with Crippen LogP contribution < -0.4 is 5.32 Å². The second-order valence-electron chi connectivity index (χ2n) is 5.75. The molecule has 1 aliphatic rings. The van der Waals surface area contributed by atoms with Crippen molar-refractivity contribution in [2.45, 2.75) is 19.3 Å². The fourth-order valence-electron chi connectivity index (χ4n) is 2.51. The van der Waals surface area contributed by atoms with Gasteiger partial charge in [-0.15, -0.1) is 0 Å². The fourth-order valence-corrected chi connectivity index (χ4v) is 2.51. The van der Waals surface area contributed by atoms with Crippen LogP contribution in [0.1, 0.15) is 22.5 Å². The zero-order valence-electron chi connectivity index (χ0n) is 13.5. The van der Waals surface area contributed by atoms with Crippen LogP contribution in [0.5, 0.6) is 0 Å². The van der Waals surface area contributed by atoms with Gasteiger partial charge in [-0.1, -0.05) is 12.1 Å². The molecular weight excluding hydrogens is 349 g/mol. The Kier molecular flexibility index (Phi) is 4.79. The number of carbonyl (C=O) groups is 2. The van der Waals surface area contributed by atoms with Gasteiger partial charge < -0.3 is 15.2 Å². The van der Waals surface area contributed by atoms with Crippen molar-refractivity contribution >= 4 is 17.9 Å². The van der Waals surface area contributed by atoms with E-state index in [1.165, 1.54) is 24.3 Å². The molecule has 2 heterocycles. The number of halogens is 3. The summed E-state index contributed by atoms with van der Waals surface area (Å²) in [6.45, 7) is 0.654. The van der Waals surface area contributed by atoms with Crippen molar-refractivity contribution in [1.29, 1.82) is 0 Å². The van der Waals surface area contributed by atoms with Crippen molar-refractivity contribution in [2.24, 2.45) is 0 Å². The van der Waals surface area contributed by atoms with Crippen LogP contribution in [0.25, 0.3) is 6.08 Å². The molecule has 1 aromatic carbocycles. The van der Waals surface area contributed by atoms with Gasteiger partial charge in [-0.25, -0.2) is 4.98 Å². The molecule has 136 valence electrons. The Morgan fingerprint density at radius 2 is 1.96 bits per heavy atom. The Morgan fingerprint density at radius 3 is 2.62 bits per heavy atom. The molecule has 0 bridgehead atoms. The molecule has 2 aromatic rings. The van der Waals surface area contributed by atoms with Crippen LogP contribution in [0.15, 0.2) is 36.7 Å². The summed E-state index contributed by atoms with van der Waals surface area (Å²) < 4.78 is 37.4. The molecule has 2 amide bonds. The number of hydrogen-bond acceptors (Lipinski definition) is 3. The minimum Gasteiger partial charge on any atom is -0.347 e. The normalized spacial score (nSPS) is 13.9. The molecule has 0 unspecified atom stereocenters. The number of benzene rings is 1. The molecule has 1 aromatic heterocycles. The van der Waals surface area contributed by atoms with E-state index in [1.807, 2.05) is 0 Å². The van der Waals surface area contributed by atoms with Gasteiger partial charge >= 0.3 is 6.18 Å². The van der Waals surface area contributed by atoms with E-state index in [-0.39, 0.29) is 12.5 Å². The lowest BCUT2D eigenvalue weighted by atomic mass is 10.1. The Bertz CT molecular complexity index is 820. The standard InChI is InChI=1S/C17H15F3N4O2/c18-17(19,20)12-4-1-11(2-5-12)3-6-15(25)21-7-16(26)24-8-13-14(9-24)23-10-22-13/h1-6,10H,7-9H2,(H,21,25)(H,22,23)/b6-3+. The van der Waals surface area contributed by atoms with Crippen LogP contribution in [-0.4, -0.2) is 33.2 Å². The summed E-state index contributed by atoms with van der Waals surface area (Å²) in [6.07, 6.45) is -0.278. The number of imidazole rings is 1. The number of amides is 2. The molecule has 0 radical (unpaired) electrons. The highest BCUT2D eigenvalue weighted by atomic mass is 19.4. The smallest absolute Gasteiger partial charge is 0.347 e. The first-order chi connectivity index (χ1) is 12.3. The van der Waals surface area contributed by atoms with Gasteiger partial charge in [-0.05, 0) is 23.8 Å². The van der Waals surface area contributed by atoms with Gasteiger partial charge in [0.15, 0.2) is 0 Å². The first kappa shape index (κ1) is 17.7. The Balaban J connectivity index is 1.47. The molecule has 26 heavy (non-hydrogen) atoms. The van der Waals surface area contributed by atoms with Crippen LogP contribution in [-0.2, 0) is 28.9 Å². The maximum Gasteiger partial charge on any atom is 0.416 e. The van der Waals surface area contributed by atoms with E-state index in [0.29, 0.717) is 18.7 Å². The van der Waals surface area contributed by atoms with Gasteiger partial charge in [0.1, 0.15) is 0 Å². The highest BCUT2D eigenvalue weighted by molar-refractivity contribution is 5.94. The number of alkyl halides is 3. The van der Waals surface area contributed by atoms with E-state index in [9.17, 15) is 22.8 Å². The van der Waals surface area contributed by atoms with Gasteiger partial charge in [0.25, 0.3) is 0 Å². The SMILES string of the molecule is O=C(/C=C/c1ccc(C(F)(F)F)cc1)NCC(=O)N1Cc2nc[nH]c2C1. The van der Waals surface area contributed by atoms with Crippen LogP contribution in [0.4, 0.5) is 13.2 Å². The molecular formula is C17H15F3N4O2. The van der Waals surface area contributed by atoms with Crippen molar-refractivity contribution < 1.29 is 22.8 Å². The van der Waals surface area contributed by atoms with Crippen molar-refractivity contribution in [3.63, 3.8) is 0 Å². The summed E-state index contributed by atoms with van der Waals surface area (Å²) in [5, 5.41) is 2.46. The molecule has 1 aliphatic heterocycles. The van der Waals surface area contributed by atoms with Crippen LogP contribution in [0, 0.1) is 0 Å². The highest BCUT2D eigenvalue weighted by Crippen LogP contribution is 2.29. The van der Waals surface area contributed by atoms with Crippen LogP contribution in [0.3, 0.4) is 0 Å². The number of nitrogens with zero attached hydrogens (tertiary/aromatic N) is 2. The molecule has 0 aliphatic carbocycles. The van der Waals surface area contributed by atoms with Crippen LogP contribution in [0.2, 0.25) is 0 Å². The Hall–Kier alpha value is -3.10. The number of nitrogens with one attached hydrogen (secondary N) is 2. The fraction of sp³-hybridized carbons (Fsp3) is 0.235. The molecule has 0 fully saturated rings. The zero-order valence-corrected chi connectivity index (χ0v) is 13.5. The van der Waals surface area contributed by atoms with Gasteiger partial charge in [-0.2, -0.15) is 13.2 Å². The van der Waals surface area contributed by atoms with Gasteiger partial charge in [0.2, 0.25) is 11.8 Å². The third-order valence-electron chi connectivity index (χ3n) is 3.93.